The maximum absolute atomic E-state index is 12.8. The molecule has 0 bridgehead atoms. The molecule has 0 aromatic heterocycles. The molecule has 1 spiro atoms. The molecule has 0 aliphatic carbocycles. The van der Waals surface area contributed by atoms with Gasteiger partial charge in [0.1, 0.15) is 0 Å². The third-order valence-corrected chi connectivity index (χ3v) is 9.37. The Bertz CT molecular complexity index is 1160. The zero-order valence-electron chi connectivity index (χ0n) is 22.4. The SMILES string of the molecule is Cc1ccc(CN2CCN(C(=O)OC(C(F)(F)F)C(F)(F)F)CC2)c(N2CCC3(CC2)CCN(S(C)(=O)=O)C3)c1. The van der Waals surface area contributed by atoms with Crippen molar-refractivity contribution in [2.45, 2.75) is 51.2 Å². The maximum atomic E-state index is 12.8. The quantitative estimate of drug-likeness (QED) is 0.476. The van der Waals surface area contributed by atoms with E-state index in [0.717, 1.165) is 54.1 Å². The Morgan fingerprint density at radius 1 is 0.950 bits per heavy atom. The van der Waals surface area contributed by atoms with E-state index in [1.54, 1.807) is 4.31 Å². The van der Waals surface area contributed by atoms with Crippen LogP contribution in [0.2, 0.25) is 0 Å². The average Bonchev–Trinajstić information content (AvgIpc) is 3.27. The molecule has 8 nitrogen and oxygen atoms in total. The van der Waals surface area contributed by atoms with Crippen LogP contribution in [0.1, 0.15) is 30.4 Å². The van der Waals surface area contributed by atoms with Gasteiger partial charge in [-0.05, 0) is 48.8 Å². The third-order valence-electron chi connectivity index (χ3n) is 8.12. The zero-order chi connectivity index (χ0) is 29.5. The second kappa shape index (κ2) is 11.2. The highest BCUT2D eigenvalue weighted by atomic mass is 32.2. The summed E-state index contributed by atoms with van der Waals surface area (Å²) in [5.41, 5.74) is 3.12. The van der Waals surface area contributed by atoms with Gasteiger partial charge in [0, 0.05) is 64.6 Å². The van der Waals surface area contributed by atoms with Crippen molar-refractivity contribution in [3.05, 3.63) is 29.3 Å². The lowest BCUT2D eigenvalue weighted by molar-refractivity contribution is -0.308. The number of amides is 1. The molecule has 1 aromatic carbocycles. The van der Waals surface area contributed by atoms with Crippen molar-refractivity contribution in [2.24, 2.45) is 5.41 Å². The van der Waals surface area contributed by atoms with Crippen LogP contribution in [0.3, 0.4) is 0 Å². The van der Waals surface area contributed by atoms with E-state index in [1.165, 1.54) is 6.26 Å². The van der Waals surface area contributed by atoms with Gasteiger partial charge in [-0.2, -0.15) is 26.3 Å². The Labute approximate surface area is 229 Å². The maximum Gasteiger partial charge on any atom is 0.434 e. The van der Waals surface area contributed by atoms with Crippen molar-refractivity contribution in [1.82, 2.24) is 14.1 Å². The molecule has 3 aliphatic rings. The van der Waals surface area contributed by atoms with E-state index in [1.807, 2.05) is 24.0 Å². The molecule has 3 heterocycles. The molecule has 4 rings (SSSR count). The fourth-order valence-corrected chi connectivity index (χ4v) is 6.66. The van der Waals surface area contributed by atoms with Crippen LogP contribution in [0.15, 0.2) is 18.2 Å². The molecule has 3 fully saturated rings. The number of hydrogen-bond donors (Lipinski definition) is 0. The lowest BCUT2D eigenvalue weighted by atomic mass is 9.77. The van der Waals surface area contributed by atoms with Crippen LogP contribution in [0, 0.1) is 12.3 Å². The van der Waals surface area contributed by atoms with E-state index in [2.05, 4.69) is 15.7 Å². The Hall–Kier alpha value is -2.26. The topological polar surface area (TPSA) is 73.4 Å². The minimum atomic E-state index is -5.75. The van der Waals surface area contributed by atoms with Gasteiger partial charge in [0.15, 0.2) is 0 Å². The Balaban J connectivity index is 1.35. The number of piperidine rings is 1. The second-order valence-corrected chi connectivity index (χ2v) is 13.1. The summed E-state index contributed by atoms with van der Waals surface area (Å²) in [5.74, 6) is 0. The Morgan fingerprint density at radius 3 is 2.05 bits per heavy atom. The molecule has 0 saturated carbocycles. The molecule has 0 N–H and O–H groups in total. The van der Waals surface area contributed by atoms with Crippen LogP contribution in [0.25, 0.3) is 0 Å². The van der Waals surface area contributed by atoms with Gasteiger partial charge in [0.25, 0.3) is 6.10 Å². The first-order valence-corrected chi connectivity index (χ1v) is 14.9. The van der Waals surface area contributed by atoms with E-state index in [4.69, 9.17) is 0 Å². The van der Waals surface area contributed by atoms with Gasteiger partial charge in [-0.1, -0.05) is 12.1 Å². The summed E-state index contributed by atoms with van der Waals surface area (Å²) >= 11 is 0. The number of ether oxygens (including phenoxy) is 1. The van der Waals surface area contributed by atoms with Crippen molar-refractivity contribution in [3.63, 3.8) is 0 Å². The summed E-state index contributed by atoms with van der Waals surface area (Å²) in [5, 5.41) is 0. The number of anilines is 1. The van der Waals surface area contributed by atoms with Gasteiger partial charge in [0.2, 0.25) is 10.0 Å². The molecule has 1 amide bonds. The number of halogens is 6. The predicted octanol–water partition coefficient (Wildman–Crippen LogP) is 3.99. The van der Waals surface area contributed by atoms with Gasteiger partial charge >= 0.3 is 18.4 Å². The number of aryl methyl sites for hydroxylation is 1. The van der Waals surface area contributed by atoms with Gasteiger partial charge in [-0.25, -0.2) is 17.5 Å². The molecule has 3 saturated heterocycles. The number of piperazine rings is 1. The van der Waals surface area contributed by atoms with Crippen LogP contribution in [-0.4, -0.2) is 106 Å². The lowest BCUT2D eigenvalue weighted by Gasteiger charge is -2.41. The minimum Gasteiger partial charge on any atom is -0.426 e. The first-order chi connectivity index (χ1) is 18.5. The summed E-state index contributed by atoms with van der Waals surface area (Å²) in [6, 6.07) is 6.08. The summed E-state index contributed by atoms with van der Waals surface area (Å²) in [7, 11) is -3.22. The van der Waals surface area contributed by atoms with Crippen LogP contribution < -0.4 is 4.90 Å². The van der Waals surface area contributed by atoms with E-state index in [0.29, 0.717) is 19.6 Å². The number of carbonyl (C=O) groups excluding carboxylic acids is 1. The fraction of sp³-hybridized carbons (Fsp3) is 0.720. The van der Waals surface area contributed by atoms with Crippen LogP contribution in [0.5, 0.6) is 0 Å². The highest BCUT2D eigenvalue weighted by molar-refractivity contribution is 7.88. The highest BCUT2D eigenvalue weighted by Gasteiger charge is 2.60. The Morgan fingerprint density at radius 2 is 1.52 bits per heavy atom. The molecule has 0 radical (unpaired) electrons. The number of hydrogen-bond acceptors (Lipinski definition) is 6. The molecule has 15 heteroatoms. The zero-order valence-corrected chi connectivity index (χ0v) is 23.2. The minimum absolute atomic E-state index is 0.0221. The van der Waals surface area contributed by atoms with Crippen LogP contribution >= 0.6 is 0 Å². The molecular weight excluding hydrogens is 566 g/mol. The molecule has 0 unspecified atom stereocenters. The summed E-state index contributed by atoms with van der Waals surface area (Å²) in [6.45, 7) is 5.50. The van der Waals surface area contributed by atoms with Crippen molar-refractivity contribution in [3.8, 4) is 0 Å². The Kier molecular flexibility index (Phi) is 8.59. The van der Waals surface area contributed by atoms with Crippen molar-refractivity contribution in [1.29, 1.82) is 0 Å². The number of rotatable bonds is 5. The predicted molar refractivity (Wildman–Crippen MR) is 135 cm³/mol. The molecule has 40 heavy (non-hydrogen) atoms. The first-order valence-electron chi connectivity index (χ1n) is 13.1. The molecule has 3 aliphatic heterocycles. The monoisotopic (exact) mass is 600 g/mol. The van der Waals surface area contributed by atoms with Crippen molar-refractivity contribution >= 4 is 21.8 Å². The van der Waals surface area contributed by atoms with E-state index in [-0.39, 0.29) is 31.6 Å². The van der Waals surface area contributed by atoms with Gasteiger partial charge < -0.3 is 14.5 Å². The smallest absolute Gasteiger partial charge is 0.426 e. The van der Waals surface area contributed by atoms with E-state index in [9.17, 15) is 39.6 Å². The summed E-state index contributed by atoms with van der Waals surface area (Å²) < 4.78 is 106. The number of benzene rings is 1. The highest BCUT2D eigenvalue weighted by Crippen LogP contribution is 2.42. The molecule has 1 aromatic rings. The number of nitrogens with zero attached hydrogens (tertiary/aromatic N) is 4. The fourth-order valence-electron chi connectivity index (χ4n) is 5.73. The average molecular weight is 601 g/mol. The van der Waals surface area contributed by atoms with Crippen molar-refractivity contribution in [2.75, 3.05) is 63.5 Å². The largest absolute Gasteiger partial charge is 0.434 e. The van der Waals surface area contributed by atoms with Crippen LogP contribution in [0.4, 0.5) is 36.8 Å². The lowest BCUT2D eigenvalue weighted by Crippen LogP contribution is -2.52. The number of alkyl halides is 6. The van der Waals surface area contributed by atoms with Gasteiger partial charge in [-0.3, -0.25) is 4.90 Å². The standard InChI is InChI=1S/C25H34F6N4O4S/c1-18-3-4-19(20(15-18)33-8-5-23(6-9-33)7-10-35(17-23)40(2,37)38)16-32-11-13-34(14-12-32)22(36)39-21(24(26,27)28)25(29,30)31/h3-4,15,21H,5-14,16-17H2,1-2H3. The first kappa shape index (κ1) is 30.7. The van der Waals surface area contributed by atoms with Gasteiger partial charge in [0.05, 0.1) is 6.26 Å². The van der Waals surface area contributed by atoms with Crippen molar-refractivity contribution < 1.29 is 44.3 Å². The van der Waals surface area contributed by atoms with Crippen LogP contribution in [-0.2, 0) is 21.3 Å². The van der Waals surface area contributed by atoms with E-state index < -0.39 is 34.6 Å². The molecular formula is C25H34F6N4O4S. The summed E-state index contributed by atoms with van der Waals surface area (Å²) in [4.78, 5) is 17.2. The second-order valence-electron chi connectivity index (χ2n) is 11.1. The number of carbonyl (C=O) groups is 1. The normalized spacial score (nSPS) is 21.4. The number of sulfonamides is 1. The molecule has 226 valence electrons. The van der Waals surface area contributed by atoms with E-state index >= 15 is 0 Å². The summed E-state index contributed by atoms with van der Waals surface area (Å²) in [6.07, 6.45) is -13.5. The molecule has 0 atom stereocenters. The van der Waals surface area contributed by atoms with Gasteiger partial charge in [-0.15, -0.1) is 0 Å². The third kappa shape index (κ3) is 7.14.